The highest BCUT2D eigenvalue weighted by Gasteiger charge is 2.47. The van der Waals surface area contributed by atoms with E-state index in [0.717, 1.165) is 11.1 Å². The molecular formula is C13H17F3NO3PS. The number of benzene rings is 1. The molecule has 0 spiro atoms. The lowest BCUT2D eigenvalue weighted by Gasteiger charge is -2.15. The fraction of sp³-hybridized carbons (Fsp3) is 0.538. The summed E-state index contributed by atoms with van der Waals surface area (Å²) in [4.78, 5) is 0. The molecule has 0 atom stereocenters. The number of rotatable bonds is 5. The Morgan fingerprint density at radius 1 is 1.09 bits per heavy atom. The number of halogens is 3. The molecule has 0 fully saturated rings. The van der Waals surface area contributed by atoms with E-state index in [9.17, 15) is 21.6 Å². The summed E-state index contributed by atoms with van der Waals surface area (Å²) in [7, 11) is -6.27. The van der Waals surface area contributed by atoms with E-state index in [2.05, 4.69) is 8.71 Å². The van der Waals surface area contributed by atoms with Gasteiger partial charge in [0.2, 0.25) is 0 Å². The first-order valence-corrected chi connectivity index (χ1v) is 8.68. The van der Waals surface area contributed by atoms with Crippen molar-refractivity contribution in [2.75, 3.05) is 0 Å². The highest BCUT2D eigenvalue weighted by Crippen LogP contribution is 2.37. The summed E-state index contributed by atoms with van der Waals surface area (Å²) >= 11 is 0. The van der Waals surface area contributed by atoms with E-state index in [-0.39, 0.29) is 11.8 Å². The molecule has 124 valence electrons. The van der Waals surface area contributed by atoms with Gasteiger partial charge < -0.3 is 0 Å². The minimum absolute atomic E-state index is 0.0897. The summed E-state index contributed by atoms with van der Waals surface area (Å²) in [5.74, 6) is 0.179. The van der Waals surface area contributed by atoms with Crippen molar-refractivity contribution in [3.05, 3.63) is 29.3 Å². The van der Waals surface area contributed by atoms with Crippen LogP contribution >= 0.6 is 8.60 Å². The van der Waals surface area contributed by atoms with E-state index >= 15 is 0 Å². The first-order valence-electron chi connectivity index (χ1n) is 6.51. The first-order chi connectivity index (χ1) is 9.97. The molecule has 1 aromatic rings. The molecule has 0 unspecified atom stereocenters. The summed E-state index contributed by atoms with van der Waals surface area (Å²) < 4.78 is 66.2. The Morgan fingerprint density at radius 3 is 1.91 bits per heavy atom. The standard InChI is InChI=1S/C13H17F3NO3PS/c1-8(2)10-6-5-7-11(9(3)4)12(10)17-21-20-22(18,19)13(14,15)16/h5-9H,1-4H3. The van der Waals surface area contributed by atoms with E-state index in [0.29, 0.717) is 5.69 Å². The van der Waals surface area contributed by atoms with Crippen LogP contribution in [-0.4, -0.2) is 13.9 Å². The van der Waals surface area contributed by atoms with Crippen LogP contribution in [0.5, 0.6) is 0 Å². The Bertz CT molecular complexity index is 629. The van der Waals surface area contributed by atoms with Crippen molar-refractivity contribution >= 4 is 24.4 Å². The summed E-state index contributed by atoms with van der Waals surface area (Å²) in [6, 6.07) is 5.46. The van der Waals surface area contributed by atoms with Crippen LogP contribution in [0.1, 0.15) is 50.7 Å². The largest absolute Gasteiger partial charge is 0.523 e. The molecule has 1 aromatic carbocycles. The van der Waals surface area contributed by atoms with Crippen LogP contribution in [0.2, 0.25) is 0 Å². The molecule has 22 heavy (non-hydrogen) atoms. The Balaban J connectivity index is 3.19. The number of hydrogen-bond acceptors (Lipinski definition) is 4. The second kappa shape index (κ2) is 7.06. The van der Waals surface area contributed by atoms with Crippen molar-refractivity contribution in [1.29, 1.82) is 0 Å². The number of alkyl halides is 3. The topological polar surface area (TPSA) is 55.7 Å². The second-order valence-electron chi connectivity index (χ2n) is 5.25. The molecule has 0 N–H and O–H groups in total. The van der Waals surface area contributed by atoms with Crippen LogP contribution in [0.25, 0.3) is 0 Å². The van der Waals surface area contributed by atoms with Gasteiger partial charge in [-0.15, -0.1) is 0 Å². The minimum atomic E-state index is -5.64. The minimum Gasteiger partial charge on any atom is -0.203 e. The van der Waals surface area contributed by atoms with Gasteiger partial charge in [-0.1, -0.05) is 45.9 Å². The molecule has 9 heteroatoms. The molecule has 0 saturated carbocycles. The maximum absolute atomic E-state index is 12.2. The molecule has 0 heterocycles. The third-order valence-electron chi connectivity index (χ3n) is 2.90. The zero-order chi connectivity index (χ0) is 17.1. The van der Waals surface area contributed by atoms with Gasteiger partial charge in [0.1, 0.15) is 0 Å². The normalized spacial score (nSPS) is 13.5. The predicted octanol–water partition coefficient (Wildman–Crippen LogP) is 5.48. The van der Waals surface area contributed by atoms with Crippen LogP contribution in [0.4, 0.5) is 18.9 Å². The van der Waals surface area contributed by atoms with Crippen molar-refractivity contribution in [1.82, 2.24) is 0 Å². The smallest absolute Gasteiger partial charge is 0.203 e. The van der Waals surface area contributed by atoms with Gasteiger partial charge >= 0.3 is 15.6 Å². The summed E-state index contributed by atoms with van der Waals surface area (Å²) in [5.41, 5.74) is -3.32. The number of hydrogen-bond donors (Lipinski definition) is 0. The maximum Gasteiger partial charge on any atom is 0.523 e. The fourth-order valence-corrected chi connectivity index (χ4v) is 2.91. The molecule has 0 bridgehead atoms. The van der Waals surface area contributed by atoms with Crippen molar-refractivity contribution < 1.29 is 25.6 Å². The first kappa shape index (κ1) is 19.1. The predicted molar refractivity (Wildman–Crippen MR) is 79.7 cm³/mol. The molecular weight excluding hydrogens is 338 g/mol. The zero-order valence-electron chi connectivity index (χ0n) is 12.5. The van der Waals surface area contributed by atoms with Crippen LogP contribution in [0.15, 0.2) is 22.9 Å². The third-order valence-corrected chi connectivity index (χ3v) is 4.80. The Labute approximate surface area is 129 Å². The van der Waals surface area contributed by atoms with Gasteiger partial charge in [-0.05, 0) is 23.0 Å². The lowest BCUT2D eigenvalue weighted by Crippen LogP contribution is -2.22. The Hall–Kier alpha value is -0.980. The van der Waals surface area contributed by atoms with Crippen LogP contribution in [-0.2, 0) is 14.1 Å². The van der Waals surface area contributed by atoms with Gasteiger partial charge in [-0.25, -0.2) is 4.74 Å². The zero-order valence-corrected chi connectivity index (χ0v) is 14.3. The van der Waals surface area contributed by atoms with Crippen molar-refractivity contribution in [3.63, 3.8) is 0 Å². The van der Waals surface area contributed by atoms with Gasteiger partial charge in [0, 0.05) is 0 Å². The third kappa shape index (κ3) is 4.51. The van der Waals surface area contributed by atoms with E-state index in [1.807, 2.05) is 45.9 Å². The molecule has 1 rings (SSSR count). The average molecular weight is 355 g/mol. The second-order valence-corrected chi connectivity index (χ2v) is 7.58. The molecule has 4 nitrogen and oxygen atoms in total. The maximum atomic E-state index is 12.2. The molecule has 0 aromatic heterocycles. The van der Waals surface area contributed by atoms with Gasteiger partial charge in [0.25, 0.3) is 0 Å². The lowest BCUT2D eigenvalue weighted by molar-refractivity contribution is -0.0495. The molecule has 0 aliphatic heterocycles. The summed E-state index contributed by atoms with van der Waals surface area (Å²) in [6.45, 7) is 7.68. The van der Waals surface area contributed by atoms with Crippen molar-refractivity contribution in [2.24, 2.45) is 4.74 Å². The van der Waals surface area contributed by atoms with Gasteiger partial charge in [-0.2, -0.15) is 25.6 Å². The monoisotopic (exact) mass is 355 g/mol. The molecule has 0 aliphatic carbocycles. The molecule has 0 saturated heterocycles. The fourth-order valence-electron chi connectivity index (χ4n) is 1.77. The van der Waals surface area contributed by atoms with Crippen LogP contribution in [0, 0.1) is 0 Å². The van der Waals surface area contributed by atoms with Crippen molar-refractivity contribution in [3.8, 4) is 0 Å². The average Bonchev–Trinajstić information content (AvgIpc) is 2.36. The van der Waals surface area contributed by atoms with Crippen LogP contribution in [0.3, 0.4) is 0 Å². The van der Waals surface area contributed by atoms with Gasteiger partial charge in [0.15, 0.2) is 8.60 Å². The van der Waals surface area contributed by atoms with E-state index in [4.69, 9.17) is 0 Å². The molecule has 0 aliphatic rings. The summed E-state index contributed by atoms with van der Waals surface area (Å²) in [5, 5.41) is 0. The summed E-state index contributed by atoms with van der Waals surface area (Å²) in [6.07, 6.45) is 0. The number of nitrogens with zero attached hydrogens (tertiary/aromatic N) is 1. The van der Waals surface area contributed by atoms with E-state index < -0.39 is 24.2 Å². The van der Waals surface area contributed by atoms with E-state index in [1.165, 1.54) is 0 Å². The highest BCUT2D eigenvalue weighted by atomic mass is 32.2. The van der Waals surface area contributed by atoms with Crippen LogP contribution < -0.4 is 0 Å². The quantitative estimate of drug-likeness (QED) is 0.519. The Kier molecular flexibility index (Phi) is 6.12. The lowest BCUT2D eigenvalue weighted by atomic mass is 9.93. The SMILES string of the molecule is CC(C)c1cccc(C(C)C)c1N=POS(=O)(=O)C(F)(F)F. The van der Waals surface area contributed by atoms with Gasteiger partial charge in [0.05, 0.1) is 5.69 Å². The van der Waals surface area contributed by atoms with Gasteiger partial charge in [-0.3, -0.25) is 0 Å². The Morgan fingerprint density at radius 2 is 1.55 bits per heavy atom. The molecule has 0 amide bonds. The molecule has 0 radical (unpaired) electrons. The van der Waals surface area contributed by atoms with Crippen molar-refractivity contribution in [2.45, 2.75) is 45.0 Å². The van der Waals surface area contributed by atoms with E-state index in [1.54, 1.807) is 0 Å². The highest BCUT2D eigenvalue weighted by molar-refractivity contribution is 7.89.